The van der Waals surface area contributed by atoms with E-state index in [1.54, 1.807) is 0 Å². The Morgan fingerprint density at radius 1 is 1.17 bits per heavy atom. The van der Waals surface area contributed by atoms with Crippen molar-refractivity contribution in [1.29, 1.82) is 0 Å². The standard InChI is InChI=1S/C17H15FO5/c18-14-12(16(19)20)6-7-13(17-21-8-9-22-17)15(14)23-10-11-4-2-1-3-5-11/h1-7,17H,8-10H2,(H,19,20). The summed E-state index contributed by atoms with van der Waals surface area (Å²) in [5.74, 6) is -2.43. The lowest BCUT2D eigenvalue weighted by Crippen LogP contribution is -2.10. The van der Waals surface area contributed by atoms with Crippen LogP contribution in [0.5, 0.6) is 5.75 Å². The maximum atomic E-state index is 14.5. The number of halogens is 1. The van der Waals surface area contributed by atoms with E-state index >= 15 is 0 Å². The molecular weight excluding hydrogens is 303 g/mol. The van der Waals surface area contributed by atoms with Crippen molar-refractivity contribution in [2.45, 2.75) is 12.9 Å². The van der Waals surface area contributed by atoms with Gasteiger partial charge in [-0.3, -0.25) is 0 Å². The van der Waals surface area contributed by atoms with Gasteiger partial charge in [0, 0.05) is 0 Å². The molecule has 0 aliphatic carbocycles. The number of ether oxygens (including phenoxy) is 3. The summed E-state index contributed by atoms with van der Waals surface area (Å²) in [6, 6.07) is 11.9. The summed E-state index contributed by atoms with van der Waals surface area (Å²) < 4.78 is 30.8. The first-order valence-corrected chi connectivity index (χ1v) is 7.12. The number of benzene rings is 2. The van der Waals surface area contributed by atoms with Crippen molar-refractivity contribution in [3.8, 4) is 5.75 Å². The second-order valence-electron chi connectivity index (χ2n) is 5.00. The minimum absolute atomic E-state index is 0.112. The van der Waals surface area contributed by atoms with E-state index < -0.39 is 23.6 Å². The number of hydrogen-bond acceptors (Lipinski definition) is 4. The molecule has 1 heterocycles. The van der Waals surface area contributed by atoms with Crippen LogP contribution in [-0.4, -0.2) is 24.3 Å². The molecule has 0 aromatic heterocycles. The van der Waals surface area contributed by atoms with Crippen LogP contribution in [0.25, 0.3) is 0 Å². The maximum Gasteiger partial charge on any atom is 0.338 e. The number of rotatable bonds is 5. The predicted molar refractivity (Wildman–Crippen MR) is 78.8 cm³/mol. The molecule has 3 rings (SSSR count). The van der Waals surface area contributed by atoms with Gasteiger partial charge in [-0.25, -0.2) is 9.18 Å². The summed E-state index contributed by atoms with van der Waals surface area (Å²) in [5.41, 5.74) is 0.738. The fourth-order valence-corrected chi connectivity index (χ4v) is 2.34. The molecule has 1 fully saturated rings. The Kier molecular flexibility index (Phi) is 4.55. The first-order chi connectivity index (χ1) is 11.2. The van der Waals surface area contributed by atoms with Crippen LogP contribution < -0.4 is 4.74 Å². The molecule has 1 N–H and O–H groups in total. The van der Waals surface area contributed by atoms with Crippen LogP contribution in [0.3, 0.4) is 0 Å². The Bertz CT molecular complexity index is 696. The largest absolute Gasteiger partial charge is 0.485 e. The van der Waals surface area contributed by atoms with Gasteiger partial charge < -0.3 is 19.3 Å². The lowest BCUT2D eigenvalue weighted by atomic mass is 10.1. The third-order valence-electron chi connectivity index (χ3n) is 3.46. The maximum absolute atomic E-state index is 14.5. The summed E-state index contributed by atoms with van der Waals surface area (Å²) in [6.45, 7) is 0.900. The van der Waals surface area contributed by atoms with Crippen molar-refractivity contribution >= 4 is 5.97 Å². The van der Waals surface area contributed by atoms with Crippen molar-refractivity contribution in [3.63, 3.8) is 0 Å². The van der Waals surface area contributed by atoms with Crippen molar-refractivity contribution in [2.75, 3.05) is 13.2 Å². The zero-order chi connectivity index (χ0) is 16.2. The lowest BCUT2D eigenvalue weighted by molar-refractivity contribution is -0.0462. The second-order valence-corrected chi connectivity index (χ2v) is 5.00. The zero-order valence-corrected chi connectivity index (χ0v) is 12.2. The average molecular weight is 318 g/mol. The molecule has 23 heavy (non-hydrogen) atoms. The minimum atomic E-state index is -1.35. The zero-order valence-electron chi connectivity index (χ0n) is 12.2. The molecule has 0 atom stereocenters. The highest BCUT2D eigenvalue weighted by molar-refractivity contribution is 5.88. The number of aromatic carboxylic acids is 1. The van der Waals surface area contributed by atoms with Crippen LogP contribution in [0.15, 0.2) is 42.5 Å². The van der Waals surface area contributed by atoms with E-state index in [1.165, 1.54) is 12.1 Å². The molecule has 0 bridgehead atoms. The van der Waals surface area contributed by atoms with E-state index in [2.05, 4.69) is 0 Å². The Labute approximate surface area is 132 Å². The summed E-state index contributed by atoms with van der Waals surface area (Å²) >= 11 is 0. The molecule has 0 saturated carbocycles. The Morgan fingerprint density at radius 3 is 2.52 bits per heavy atom. The fourth-order valence-electron chi connectivity index (χ4n) is 2.34. The summed E-state index contributed by atoms with van der Waals surface area (Å²) in [7, 11) is 0. The van der Waals surface area contributed by atoms with Gasteiger partial charge in [-0.2, -0.15) is 0 Å². The van der Waals surface area contributed by atoms with Crippen LogP contribution >= 0.6 is 0 Å². The van der Waals surface area contributed by atoms with E-state index in [1.807, 2.05) is 30.3 Å². The molecule has 2 aromatic carbocycles. The Balaban J connectivity index is 1.93. The highest BCUT2D eigenvalue weighted by atomic mass is 19.1. The van der Waals surface area contributed by atoms with Crippen molar-refractivity contribution in [1.82, 2.24) is 0 Å². The normalized spacial score (nSPS) is 14.8. The molecule has 0 unspecified atom stereocenters. The van der Waals surface area contributed by atoms with Crippen LogP contribution in [0.4, 0.5) is 4.39 Å². The van der Waals surface area contributed by atoms with Gasteiger partial charge in [0.2, 0.25) is 0 Å². The van der Waals surface area contributed by atoms with Crippen LogP contribution in [0, 0.1) is 5.82 Å². The van der Waals surface area contributed by atoms with Gasteiger partial charge in [0.15, 0.2) is 17.9 Å². The molecule has 0 spiro atoms. The average Bonchev–Trinajstić information content (AvgIpc) is 3.08. The van der Waals surface area contributed by atoms with Crippen LogP contribution in [0.2, 0.25) is 0 Å². The first-order valence-electron chi connectivity index (χ1n) is 7.12. The third-order valence-corrected chi connectivity index (χ3v) is 3.46. The number of carbonyl (C=O) groups is 1. The molecule has 6 heteroatoms. The van der Waals surface area contributed by atoms with E-state index in [4.69, 9.17) is 19.3 Å². The van der Waals surface area contributed by atoms with Crippen LogP contribution in [-0.2, 0) is 16.1 Å². The van der Waals surface area contributed by atoms with Crippen molar-refractivity contribution in [2.24, 2.45) is 0 Å². The van der Waals surface area contributed by atoms with Crippen LogP contribution in [0.1, 0.15) is 27.8 Å². The van der Waals surface area contributed by atoms with E-state index in [0.29, 0.717) is 18.8 Å². The summed E-state index contributed by atoms with van der Waals surface area (Å²) in [6.07, 6.45) is -0.752. The molecule has 120 valence electrons. The van der Waals surface area contributed by atoms with Gasteiger partial charge in [0.25, 0.3) is 0 Å². The Morgan fingerprint density at radius 2 is 1.87 bits per heavy atom. The SMILES string of the molecule is O=C(O)c1ccc(C2OCCO2)c(OCc2ccccc2)c1F. The number of carboxylic acid groups (broad SMARTS) is 1. The number of hydrogen-bond donors (Lipinski definition) is 1. The molecule has 5 nitrogen and oxygen atoms in total. The molecule has 1 saturated heterocycles. The van der Waals surface area contributed by atoms with Gasteiger partial charge in [0.1, 0.15) is 6.61 Å². The van der Waals surface area contributed by atoms with Gasteiger partial charge in [-0.15, -0.1) is 0 Å². The lowest BCUT2D eigenvalue weighted by Gasteiger charge is -2.17. The Hall–Kier alpha value is -2.44. The smallest absolute Gasteiger partial charge is 0.338 e. The minimum Gasteiger partial charge on any atom is -0.485 e. The molecular formula is C17H15FO5. The molecule has 1 aliphatic rings. The molecule has 0 amide bonds. The van der Waals surface area contributed by atoms with Crippen molar-refractivity contribution < 1.29 is 28.5 Å². The summed E-state index contributed by atoms with van der Waals surface area (Å²) in [4.78, 5) is 11.1. The monoisotopic (exact) mass is 318 g/mol. The third kappa shape index (κ3) is 3.33. The molecule has 1 aliphatic heterocycles. The summed E-state index contributed by atoms with van der Waals surface area (Å²) in [5, 5.41) is 9.07. The second kappa shape index (κ2) is 6.76. The highest BCUT2D eigenvalue weighted by Crippen LogP contribution is 2.35. The topological polar surface area (TPSA) is 65.0 Å². The molecule has 0 radical (unpaired) electrons. The first kappa shape index (κ1) is 15.5. The van der Waals surface area contributed by atoms with Gasteiger partial charge in [-0.05, 0) is 17.7 Å². The highest BCUT2D eigenvalue weighted by Gasteiger charge is 2.27. The van der Waals surface area contributed by atoms with E-state index in [-0.39, 0.29) is 12.4 Å². The van der Waals surface area contributed by atoms with Gasteiger partial charge in [0.05, 0.1) is 24.3 Å². The molecule has 2 aromatic rings. The quantitative estimate of drug-likeness (QED) is 0.917. The van der Waals surface area contributed by atoms with E-state index in [9.17, 15) is 9.18 Å². The van der Waals surface area contributed by atoms with Gasteiger partial charge >= 0.3 is 5.97 Å². The van der Waals surface area contributed by atoms with Crippen molar-refractivity contribution in [3.05, 3.63) is 65.0 Å². The van der Waals surface area contributed by atoms with E-state index in [0.717, 1.165) is 5.56 Å². The fraction of sp³-hybridized carbons (Fsp3) is 0.235. The van der Waals surface area contributed by atoms with Gasteiger partial charge in [-0.1, -0.05) is 30.3 Å². The predicted octanol–water partition coefficient (Wildman–Crippen LogP) is 3.15. The number of carboxylic acids is 1.